The summed E-state index contributed by atoms with van der Waals surface area (Å²) < 4.78 is 11.3. The summed E-state index contributed by atoms with van der Waals surface area (Å²) in [5, 5.41) is 17.9. The minimum absolute atomic E-state index is 0.0306. The van der Waals surface area contributed by atoms with Gasteiger partial charge in [-0.2, -0.15) is 0 Å². The van der Waals surface area contributed by atoms with Crippen molar-refractivity contribution in [1.82, 2.24) is 10.5 Å². The molecule has 2 N–H and O–H groups in total. The lowest BCUT2D eigenvalue weighted by Crippen LogP contribution is -2.24. The van der Waals surface area contributed by atoms with Crippen LogP contribution in [0, 0.1) is 27.7 Å². The second kappa shape index (κ2) is 12.4. The molecule has 38 heavy (non-hydrogen) atoms. The topological polar surface area (TPSA) is 88.5 Å². The molecule has 2 aromatic heterocycles. The molecule has 0 fully saturated rings. The van der Waals surface area contributed by atoms with Crippen molar-refractivity contribution in [3.8, 4) is 0 Å². The number of fused-ring (bicyclic) bond motifs is 1. The molecule has 3 aromatic carbocycles. The van der Waals surface area contributed by atoms with Gasteiger partial charge in [-0.1, -0.05) is 71.4 Å². The van der Waals surface area contributed by atoms with Crippen molar-refractivity contribution in [1.29, 1.82) is 0 Å². The number of rotatable bonds is 7. The number of nitrogens with one attached hydrogen (secondary N) is 1. The second-order valence-electron chi connectivity index (χ2n) is 9.53. The van der Waals surface area contributed by atoms with E-state index < -0.39 is 0 Å². The van der Waals surface area contributed by atoms with E-state index in [2.05, 4.69) is 42.5 Å². The lowest BCUT2D eigenvalue weighted by Gasteiger charge is -2.10. The third-order valence-electron chi connectivity index (χ3n) is 6.57. The average molecular weight is 511 g/mol. The summed E-state index contributed by atoms with van der Waals surface area (Å²) in [6, 6.07) is 25.9. The van der Waals surface area contributed by atoms with E-state index in [1.54, 1.807) is 0 Å². The first-order valence-corrected chi connectivity index (χ1v) is 12.7. The zero-order chi connectivity index (χ0) is 27.1. The van der Waals surface area contributed by atoms with Crippen LogP contribution in [0.3, 0.4) is 0 Å². The SMILES string of the molecule is Cc1ccc(CNC(=O)Cc2ccc3oc(C(CO)c4c(C)noc4C)cc3c2)c(C)c1.c1ccccc1. The fraction of sp³-hybridized carbons (Fsp3) is 0.250. The summed E-state index contributed by atoms with van der Waals surface area (Å²) in [5.41, 5.74) is 6.71. The van der Waals surface area contributed by atoms with E-state index in [4.69, 9.17) is 8.94 Å². The van der Waals surface area contributed by atoms with Gasteiger partial charge in [-0.3, -0.25) is 4.79 Å². The van der Waals surface area contributed by atoms with E-state index in [1.165, 1.54) is 11.1 Å². The number of hydrogen-bond donors (Lipinski definition) is 2. The van der Waals surface area contributed by atoms with Crippen LogP contribution in [-0.2, 0) is 17.8 Å². The molecule has 0 aliphatic rings. The highest BCUT2D eigenvalue weighted by atomic mass is 16.5. The largest absolute Gasteiger partial charge is 0.460 e. The van der Waals surface area contributed by atoms with Crippen molar-refractivity contribution < 1.29 is 18.8 Å². The number of carbonyl (C=O) groups is 1. The van der Waals surface area contributed by atoms with Gasteiger partial charge in [-0.25, -0.2) is 0 Å². The number of aliphatic hydroxyl groups is 1. The molecule has 0 saturated carbocycles. The fourth-order valence-corrected chi connectivity index (χ4v) is 4.58. The highest BCUT2D eigenvalue weighted by Gasteiger charge is 2.25. The molecule has 6 nitrogen and oxygen atoms in total. The van der Waals surface area contributed by atoms with E-state index in [0.29, 0.717) is 23.6 Å². The van der Waals surface area contributed by atoms with Gasteiger partial charge in [0.1, 0.15) is 17.1 Å². The van der Waals surface area contributed by atoms with E-state index in [0.717, 1.165) is 27.8 Å². The van der Waals surface area contributed by atoms with Crippen LogP contribution in [0.25, 0.3) is 11.0 Å². The molecular weight excluding hydrogens is 476 g/mol. The quantitative estimate of drug-likeness (QED) is 0.267. The summed E-state index contributed by atoms with van der Waals surface area (Å²) in [6.45, 7) is 8.20. The first-order chi connectivity index (χ1) is 18.4. The summed E-state index contributed by atoms with van der Waals surface area (Å²) in [6.07, 6.45) is 0.286. The number of furan rings is 1. The van der Waals surface area contributed by atoms with Crippen molar-refractivity contribution in [2.45, 2.75) is 46.6 Å². The molecule has 5 rings (SSSR count). The third kappa shape index (κ3) is 6.58. The summed E-state index contributed by atoms with van der Waals surface area (Å²) >= 11 is 0. The van der Waals surface area contributed by atoms with Gasteiger partial charge in [-0.05, 0) is 62.6 Å². The van der Waals surface area contributed by atoms with Gasteiger partial charge in [0, 0.05) is 17.5 Å². The highest BCUT2D eigenvalue weighted by molar-refractivity contribution is 5.83. The summed E-state index contributed by atoms with van der Waals surface area (Å²) in [4.78, 5) is 12.5. The van der Waals surface area contributed by atoms with E-state index in [1.807, 2.05) is 74.5 Å². The number of nitrogens with zero attached hydrogens (tertiary/aromatic N) is 1. The number of aromatic nitrogens is 1. The van der Waals surface area contributed by atoms with E-state index in [-0.39, 0.29) is 24.9 Å². The van der Waals surface area contributed by atoms with Crippen LogP contribution < -0.4 is 5.32 Å². The maximum Gasteiger partial charge on any atom is 0.224 e. The van der Waals surface area contributed by atoms with E-state index in [9.17, 15) is 9.90 Å². The van der Waals surface area contributed by atoms with Crippen LogP contribution >= 0.6 is 0 Å². The zero-order valence-electron chi connectivity index (χ0n) is 22.3. The molecule has 0 radical (unpaired) electrons. The molecule has 1 amide bonds. The molecule has 6 heteroatoms. The number of benzene rings is 3. The first kappa shape index (κ1) is 26.9. The number of carbonyl (C=O) groups excluding carboxylic acids is 1. The molecule has 0 aliphatic heterocycles. The Bertz CT molecular complexity index is 1450. The van der Waals surface area contributed by atoms with Crippen LogP contribution in [0.1, 0.15) is 50.9 Å². The molecule has 5 aromatic rings. The Morgan fingerprint density at radius 2 is 1.66 bits per heavy atom. The Labute approximate surface area is 223 Å². The van der Waals surface area contributed by atoms with Gasteiger partial charge in [0.15, 0.2) is 0 Å². The highest BCUT2D eigenvalue weighted by Crippen LogP contribution is 2.33. The maximum absolute atomic E-state index is 12.5. The minimum atomic E-state index is -0.349. The van der Waals surface area contributed by atoms with Gasteiger partial charge in [-0.15, -0.1) is 0 Å². The Morgan fingerprint density at radius 1 is 0.947 bits per heavy atom. The molecule has 1 unspecified atom stereocenters. The molecule has 2 heterocycles. The zero-order valence-corrected chi connectivity index (χ0v) is 22.3. The Morgan fingerprint density at radius 3 is 2.26 bits per heavy atom. The van der Waals surface area contributed by atoms with E-state index >= 15 is 0 Å². The van der Waals surface area contributed by atoms with Crippen molar-refractivity contribution in [3.05, 3.63) is 124 Å². The standard InChI is InChI=1S/C26H28N2O4.C6H6/c1-15-5-7-20(16(2)9-15)13-27-25(30)11-19-6-8-23-21(10-19)12-24(31-23)22(14-29)26-17(3)28-32-18(26)4;1-2-4-6-5-3-1/h5-10,12,22,29H,11,13-14H2,1-4H3,(H,27,30);1-6H. The molecular formula is C32H34N2O4. The van der Waals surface area contributed by atoms with Crippen LogP contribution in [-0.4, -0.2) is 22.8 Å². The van der Waals surface area contributed by atoms with Crippen molar-refractivity contribution in [2.75, 3.05) is 6.61 Å². The van der Waals surface area contributed by atoms with Gasteiger partial charge in [0.2, 0.25) is 5.91 Å². The van der Waals surface area contributed by atoms with Crippen molar-refractivity contribution in [2.24, 2.45) is 0 Å². The lowest BCUT2D eigenvalue weighted by molar-refractivity contribution is -0.120. The van der Waals surface area contributed by atoms with Gasteiger partial charge in [0.25, 0.3) is 0 Å². The smallest absolute Gasteiger partial charge is 0.224 e. The Hall–Kier alpha value is -4.16. The molecule has 0 aliphatic carbocycles. The summed E-state index contributed by atoms with van der Waals surface area (Å²) in [7, 11) is 0. The monoisotopic (exact) mass is 510 g/mol. The molecule has 0 saturated heterocycles. The van der Waals surface area contributed by atoms with Crippen LogP contribution in [0.15, 0.2) is 87.8 Å². The lowest BCUT2D eigenvalue weighted by atomic mass is 9.95. The second-order valence-corrected chi connectivity index (χ2v) is 9.53. The minimum Gasteiger partial charge on any atom is -0.460 e. The third-order valence-corrected chi connectivity index (χ3v) is 6.57. The van der Waals surface area contributed by atoms with Gasteiger partial charge in [0.05, 0.1) is 24.6 Å². The van der Waals surface area contributed by atoms with Gasteiger partial charge < -0.3 is 19.4 Å². The summed E-state index contributed by atoms with van der Waals surface area (Å²) in [5.74, 6) is 0.937. The van der Waals surface area contributed by atoms with Crippen molar-refractivity contribution in [3.63, 3.8) is 0 Å². The fourth-order valence-electron chi connectivity index (χ4n) is 4.58. The first-order valence-electron chi connectivity index (χ1n) is 12.7. The van der Waals surface area contributed by atoms with Gasteiger partial charge >= 0.3 is 0 Å². The van der Waals surface area contributed by atoms with Crippen LogP contribution in [0.2, 0.25) is 0 Å². The predicted molar refractivity (Wildman–Crippen MR) is 149 cm³/mol. The van der Waals surface area contributed by atoms with Crippen molar-refractivity contribution >= 4 is 16.9 Å². The number of hydrogen-bond acceptors (Lipinski definition) is 5. The Balaban J connectivity index is 0.000000494. The molecule has 0 bridgehead atoms. The van der Waals surface area contributed by atoms with Crippen LogP contribution in [0.5, 0.6) is 0 Å². The maximum atomic E-state index is 12.5. The molecule has 196 valence electrons. The van der Waals surface area contributed by atoms with Crippen LogP contribution in [0.4, 0.5) is 0 Å². The normalized spacial score (nSPS) is 11.6. The number of aliphatic hydroxyl groups excluding tert-OH is 1. The predicted octanol–water partition coefficient (Wildman–Crippen LogP) is 6.32. The Kier molecular flexibility index (Phi) is 8.77. The average Bonchev–Trinajstić information content (AvgIpc) is 3.48. The number of aryl methyl sites for hydroxylation is 4. The number of amides is 1. The molecule has 0 spiro atoms. The molecule has 1 atom stereocenters.